The molecule has 1 aromatic rings. The van der Waals surface area contributed by atoms with Crippen molar-refractivity contribution in [1.29, 1.82) is 0 Å². The van der Waals surface area contributed by atoms with Gasteiger partial charge in [0.1, 0.15) is 6.10 Å². The predicted molar refractivity (Wildman–Crippen MR) is 85.3 cm³/mol. The minimum atomic E-state index is -0.223. The molecule has 1 heterocycles. The maximum absolute atomic E-state index is 12.8. The van der Waals surface area contributed by atoms with Crippen molar-refractivity contribution in [2.45, 2.75) is 32.8 Å². The van der Waals surface area contributed by atoms with E-state index < -0.39 is 0 Å². The molecule has 4 nitrogen and oxygen atoms in total. The first-order valence-electron chi connectivity index (χ1n) is 7.74. The molecule has 1 aromatic carbocycles. The van der Waals surface area contributed by atoms with E-state index in [9.17, 15) is 9.59 Å². The van der Waals surface area contributed by atoms with Gasteiger partial charge in [-0.15, -0.1) is 0 Å². The fraction of sp³-hybridized carbons (Fsp3) is 0.529. The number of ether oxygens (including phenoxy) is 1. The maximum atomic E-state index is 12.8. The summed E-state index contributed by atoms with van der Waals surface area (Å²) in [5, 5.41) is 3.04. The summed E-state index contributed by atoms with van der Waals surface area (Å²) >= 11 is 3.50. The Hall–Kier alpha value is -1.36. The van der Waals surface area contributed by atoms with Gasteiger partial charge in [-0.3, -0.25) is 9.59 Å². The van der Waals surface area contributed by atoms with Gasteiger partial charge in [0.15, 0.2) is 0 Å². The van der Waals surface area contributed by atoms with Gasteiger partial charge in [0.2, 0.25) is 5.91 Å². The molecule has 5 atom stereocenters. The molecule has 2 saturated carbocycles. The third kappa shape index (κ3) is 1.87. The Morgan fingerprint density at radius 1 is 1.27 bits per heavy atom. The molecule has 3 aliphatic rings. The van der Waals surface area contributed by atoms with Crippen LogP contribution in [-0.2, 0) is 14.3 Å². The normalized spacial score (nSPS) is 34.9. The van der Waals surface area contributed by atoms with Gasteiger partial charge in [0.25, 0.3) is 0 Å². The minimum Gasteiger partial charge on any atom is -0.462 e. The third-order valence-electron chi connectivity index (χ3n) is 5.76. The number of halogens is 1. The molecule has 2 aliphatic carbocycles. The highest BCUT2D eigenvalue weighted by Crippen LogP contribution is 2.57. The molecule has 1 N–H and O–H groups in total. The lowest BCUT2D eigenvalue weighted by atomic mass is 9.79. The summed E-state index contributed by atoms with van der Waals surface area (Å²) in [6.45, 7) is 4.02. The number of esters is 1. The zero-order chi connectivity index (χ0) is 15.6. The average Bonchev–Trinajstić information content (AvgIpc) is 3.09. The van der Waals surface area contributed by atoms with Crippen LogP contribution in [0.15, 0.2) is 16.6 Å². The molecule has 0 spiro atoms. The Balaban J connectivity index is 1.59. The molecule has 116 valence electrons. The van der Waals surface area contributed by atoms with Gasteiger partial charge >= 0.3 is 5.97 Å². The van der Waals surface area contributed by atoms with Gasteiger partial charge in [0.05, 0.1) is 11.8 Å². The van der Waals surface area contributed by atoms with Crippen molar-refractivity contribution in [2.24, 2.45) is 23.7 Å². The van der Waals surface area contributed by atoms with E-state index in [1.54, 1.807) is 0 Å². The number of fused-ring (bicyclic) bond motifs is 1. The standard InChI is InChI=1S/C17H18BrNO3/c1-7-8(2)12(4-3-11(7)18)19-16(20)14-9-5-10-13(6-9)22-17(21)15(10)14/h3-4,9-10,13-15H,5-6H2,1-2H3,(H,19,20)/t9-,10+,13+,14-,15-/m1/s1. The van der Waals surface area contributed by atoms with Crippen LogP contribution >= 0.6 is 15.9 Å². The van der Waals surface area contributed by atoms with Crippen molar-refractivity contribution >= 4 is 33.5 Å². The second-order valence-electron chi connectivity index (χ2n) is 6.76. The van der Waals surface area contributed by atoms with Crippen molar-refractivity contribution in [3.8, 4) is 0 Å². The molecule has 22 heavy (non-hydrogen) atoms. The van der Waals surface area contributed by atoms with Crippen LogP contribution in [0.25, 0.3) is 0 Å². The zero-order valence-electron chi connectivity index (χ0n) is 12.6. The van der Waals surface area contributed by atoms with E-state index in [4.69, 9.17) is 4.74 Å². The number of rotatable bonds is 2. The molecular formula is C17H18BrNO3. The van der Waals surface area contributed by atoms with Crippen LogP contribution in [0, 0.1) is 37.5 Å². The van der Waals surface area contributed by atoms with Gasteiger partial charge in [-0.1, -0.05) is 15.9 Å². The zero-order valence-corrected chi connectivity index (χ0v) is 14.1. The number of carbonyl (C=O) groups is 2. The summed E-state index contributed by atoms with van der Waals surface area (Å²) in [4.78, 5) is 24.8. The highest BCUT2D eigenvalue weighted by molar-refractivity contribution is 9.10. The fourth-order valence-corrected chi connectivity index (χ4v) is 4.93. The van der Waals surface area contributed by atoms with E-state index in [2.05, 4.69) is 21.2 Å². The monoisotopic (exact) mass is 363 g/mol. The van der Waals surface area contributed by atoms with Crippen LogP contribution in [-0.4, -0.2) is 18.0 Å². The Kier molecular flexibility index (Phi) is 3.12. The minimum absolute atomic E-state index is 0.0281. The molecule has 0 unspecified atom stereocenters. The molecule has 1 aliphatic heterocycles. The highest BCUT2D eigenvalue weighted by atomic mass is 79.9. The van der Waals surface area contributed by atoms with E-state index in [-0.39, 0.29) is 35.7 Å². The van der Waals surface area contributed by atoms with Crippen molar-refractivity contribution < 1.29 is 14.3 Å². The van der Waals surface area contributed by atoms with Crippen LogP contribution in [0.5, 0.6) is 0 Å². The number of carbonyl (C=O) groups excluding carboxylic acids is 2. The van der Waals surface area contributed by atoms with Gasteiger partial charge < -0.3 is 10.1 Å². The first-order valence-corrected chi connectivity index (χ1v) is 8.53. The van der Waals surface area contributed by atoms with Crippen molar-refractivity contribution in [2.75, 3.05) is 5.32 Å². The Bertz CT molecular complexity index is 685. The Morgan fingerprint density at radius 2 is 2.05 bits per heavy atom. The van der Waals surface area contributed by atoms with Crippen molar-refractivity contribution in [3.63, 3.8) is 0 Å². The Morgan fingerprint density at radius 3 is 2.82 bits per heavy atom. The topological polar surface area (TPSA) is 55.4 Å². The first kappa shape index (κ1) is 14.2. The second-order valence-corrected chi connectivity index (χ2v) is 7.61. The summed E-state index contributed by atoms with van der Waals surface area (Å²) in [6, 6.07) is 3.85. The molecule has 1 saturated heterocycles. The van der Waals surface area contributed by atoms with Crippen LogP contribution in [0.1, 0.15) is 24.0 Å². The number of hydrogen-bond donors (Lipinski definition) is 1. The van der Waals surface area contributed by atoms with Gasteiger partial charge in [-0.05, 0) is 55.9 Å². The molecule has 2 bridgehead atoms. The molecule has 3 fully saturated rings. The lowest BCUT2D eigenvalue weighted by Gasteiger charge is -2.24. The van der Waals surface area contributed by atoms with E-state index in [0.717, 1.165) is 34.1 Å². The number of amides is 1. The molecule has 5 heteroatoms. The number of anilines is 1. The van der Waals surface area contributed by atoms with E-state index >= 15 is 0 Å². The van der Waals surface area contributed by atoms with Gasteiger partial charge in [0, 0.05) is 16.1 Å². The fourth-order valence-electron chi connectivity index (χ4n) is 4.50. The van der Waals surface area contributed by atoms with E-state index in [1.807, 2.05) is 26.0 Å². The number of hydrogen-bond acceptors (Lipinski definition) is 3. The Labute approximate surface area is 137 Å². The van der Waals surface area contributed by atoms with Crippen LogP contribution in [0.3, 0.4) is 0 Å². The lowest BCUT2D eigenvalue weighted by Crippen LogP contribution is -2.36. The largest absolute Gasteiger partial charge is 0.462 e. The van der Waals surface area contributed by atoms with Crippen molar-refractivity contribution in [1.82, 2.24) is 0 Å². The van der Waals surface area contributed by atoms with Gasteiger partial charge in [-0.2, -0.15) is 0 Å². The quantitative estimate of drug-likeness (QED) is 0.820. The summed E-state index contributed by atoms with van der Waals surface area (Å²) in [7, 11) is 0. The lowest BCUT2D eigenvalue weighted by molar-refractivity contribution is -0.145. The number of nitrogens with one attached hydrogen (secondary N) is 1. The van der Waals surface area contributed by atoms with Crippen LogP contribution < -0.4 is 5.32 Å². The van der Waals surface area contributed by atoms with Crippen molar-refractivity contribution in [3.05, 3.63) is 27.7 Å². The smallest absolute Gasteiger partial charge is 0.310 e. The SMILES string of the molecule is Cc1c(Br)ccc(NC(=O)[C@@H]2[C@@H]3C[C@@H]4[C@H]2C(=O)O[C@H]4C3)c1C. The van der Waals surface area contributed by atoms with Gasteiger partial charge in [-0.25, -0.2) is 0 Å². The molecule has 0 radical (unpaired) electrons. The first-order chi connectivity index (χ1) is 10.5. The van der Waals surface area contributed by atoms with E-state index in [0.29, 0.717) is 5.92 Å². The molecular weight excluding hydrogens is 346 g/mol. The summed E-state index contributed by atoms with van der Waals surface area (Å²) in [5.74, 6) is -0.0806. The van der Waals surface area contributed by atoms with Crippen LogP contribution in [0.2, 0.25) is 0 Å². The molecule has 4 rings (SSSR count). The third-order valence-corrected chi connectivity index (χ3v) is 6.62. The predicted octanol–water partition coefficient (Wildman–Crippen LogP) is 3.20. The second kappa shape index (κ2) is 4.82. The number of benzene rings is 1. The maximum Gasteiger partial charge on any atom is 0.310 e. The summed E-state index contributed by atoms with van der Waals surface area (Å²) in [6.07, 6.45) is 1.88. The highest BCUT2D eigenvalue weighted by Gasteiger charge is 2.63. The average molecular weight is 364 g/mol. The summed E-state index contributed by atoms with van der Waals surface area (Å²) in [5.41, 5.74) is 3.00. The van der Waals surface area contributed by atoms with Crippen LogP contribution in [0.4, 0.5) is 5.69 Å². The summed E-state index contributed by atoms with van der Waals surface area (Å²) < 4.78 is 6.44. The van der Waals surface area contributed by atoms with E-state index in [1.165, 1.54) is 0 Å². The molecule has 0 aromatic heterocycles. The molecule has 1 amide bonds.